The minimum Gasteiger partial charge on any atom is -0.306 e. The first kappa shape index (κ1) is 15.3. The molecule has 1 aromatic heterocycles. The summed E-state index contributed by atoms with van der Waals surface area (Å²) in [4.78, 5) is 1.25. The van der Waals surface area contributed by atoms with Crippen LogP contribution in [0.5, 0.6) is 0 Å². The summed E-state index contributed by atoms with van der Waals surface area (Å²) in [5.41, 5.74) is 1.10. The topological polar surface area (TPSA) is 12.0 Å². The Labute approximate surface area is 136 Å². The molecule has 1 heterocycles. The molecule has 5 heteroatoms. The first-order valence-electron chi connectivity index (χ1n) is 6.04. The van der Waals surface area contributed by atoms with Gasteiger partial charge in [-0.25, -0.2) is 0 Å². The number of hydrogen-bond acceptors (Lipinski definition) is 2. The number of hydrogen-bond donors (Lipinski definition) is 1. The molecule has 102 valence electrons. The minimum atomic E-state index is 0.132. The number of rotatable bonds is 5. The van der Waals surface area contributed by atoms with Crippen LogP contribution in [-0.2, 0) is 0 Å². The van der Waals surface area contributed by atoms with Crippen molar-refractivity contribution in [3.8, 4) is 0 Å². The summed E-state index contributed by atoms with van der Waals surface area (Å²) in [7, 11) is 0. The van der Waals surface area contributed by atoms with Crippen LogP contribution in [0.25, 0.3) is 0 Å². The average molecular weight is 379 g/mol. The molecule has 0 aliphatic heterocycles. The lowest BCUT2D eigenvalue weighted by molar-refractivity contribution is 0.606. The Bertz CT molecular complexity index is 536. The van der Waals surface area contributed by atoms with E-state index in [-0.39, 0.29) is 6.04 Å². The number of halogens is 3. The lowest BCUT2D eigenvalue weighted by atomic mass is 10.1. The van der Waals surface area contributed by atoms with Crippen molar-refractivity contribution >= 4 is 50.5 Å². The molecular weight excluding hydrogens is 365 g/mol. The van der Waals surface area contributed by atoms with Crippen molar-refractivity contribution in [1.29, 1.82) is 0 Å². The fraction of sp³-hybridized carbons (Fsp3) is 0.286. The van der Waals surface area contributed by atoms with Gasteiger partial charge in [0.1, 0.15) is 0 Å². The molecule has 1 aromatic carbocycles. The predicted molar refractivity (Wildman–Crippen MR) is 88.6 cm³/mol. The molecule has 0 bridgehead atoms. The molecule has 1 nitrogen and oxygen atoms in total. The zero-order chi connectivity index (χ0) is 13.8. The third kappa shape index (κ3) is 4.20. The van der Waals surface area contributed by atoms with Gasteiger partial charge in [0.05, 0.1) is 9.83 Å². The van der Waals surface area contributed by atoms with Gasteiger partial charge < -0.3 is 5.32 Å². The van der Waals surface area contributed by atoms with Gasteiger partial charge in [-0.2, -0.15) is 0 Å². The monoisotopic (exact) mass is 377 g/mol. The predicted octanol–water partition coefficient (Wildman–Crippen LogP) is 5.91. The van der Waals surface area contributed by atoms with Crippen molar-refractivity contribution in [3.05, 3.63) is 54.6 Å². The largest absolute Gasteiger partial charge is 0.306 e. The Kier molecular flexibility index (Phi) is 5.72. The van der Waals surface area contributed by atoms with Crippen LogP contribution in [-0.4, -0.2) is 6.54 Å². The van der Waals surface area contributed by atoms with Crippen LogP contribution in [0.3, 0.4) is 0 Å². The summed E-state index contributed by atoms with van der Waals surface area (Å²) < 4.78 is 1.12. The smallest absolute Gasteiger partial charge is 0.0702 e. The minimum absolute atomic E-state index is 0.132. The average Bonchev–Trinajstić information content (AvgIpc) is 2.75. The van der Waals surface area contributed by atoms with E-state index in [9.17, 15) is 0 Å². The molecule has 0 aliphatic carbocycles. The Morgan fingerprint density at radius 3 is 2.42 bits per heavy atom. The third-order valence-electron chi connectivity index (χ3n) is 2.70. The van der Waals surface area contributed by atoms with Gasteiger partial charge in [0.25, 0.3) is 0 Å². The van der Waals surface area contributed by atoms with E-state index in [1.807, 2.05) is 12.1 Å². The summed E-state index contributed by atoms with van der Waals surface area (Å²) in [5.74, 6) is 0. The molecule has 0 aliphatic rings. The third-order valence-corrected chi connectivity index (χ3v) is 4.82. The molecule has 2 rings (SSSR count). The van der Waals surface area contributed by atoms with Crippen LogP contribution in [0.2, 0.25) is 10.0 Å². The van der Waals surface area contributed by atoms with E-state index < -0.39 is 0 Å². The van der Waals surface area contributed by atoms with Crippen LogP contribution in [0.4, 0.5) is 0 Å². The second-order valence-electron chi connectivity index (χ2n) is 4.23. The van der Waals surface area contributed by atoms with E-state index >= 15 is 0 Å². The number of nitrogens with one attached hydrogen (secondary N) is 1. The van der Waals surface area contributed by atoms with Crippen molar-refractivity contribution < 1.29 is 0 Å². The molecule has 0 amide bonds. The second-order valence-corrected chi connectivity index (χ2v) is 7.60. The highest BCUT2D eigenvalue weighted by molar-refractivity contribution is 9.11. The molecule has 0 saturated heterocycles. The summed E-state index contributed by atoms with van der Waals surface area (Å²) in [6, 6.07) is 10.0. The van der Waals surface area contributed by atoms with Crippen molar-refractivity contribution in [2.24, 2.45) is 0 Å². The van der Waals surface area contributed by atoms with Crippen LogP contribution in [0.1, 0.15) is 29.8 Å². The van der Waals surface area contributed by atoms with Gasteiger partial charge in [0, 0.05) is 14.9 Å². The molecule has 2 aromatic rings. The van der Waals surface area contributed by atoms with Gasteiger partial charge >= 0.3 is 0 Å². The van der Waals surface area contributed by atoms with E-state index in [1.54, 1.807) is 17.4 Å². The second kappa shape index (κ2) is 7.09. The van der Waals surface area contributed by atoms with Crippen molar-refractivity contribution in [2.45, 2.75) is 19.4 Å². The van der Waals surface area contributed by atoms with Crippen LogP contribution in [0.15, 0.2) is 34.1 Å². The lowest BCUT2D eigenvalue weighted by Crippen LogP contribution is -2.22. The van der Waals surface area contributed by atoms with Gasteiger partial charge in [-0.15, -0.1) is 11.3 Å². The Morgan fingerprint density at radius 2 is 1.89 bits per heavy atom. The van der Waals surface area contributed by atoms with Crippen molar-refractivity contribution in [3.63, 3.8) is 0 Å². The van der Waals surface area contributed by atoms with Gasteiger partial charge in [0.2, 0.25) is 0 Å². The Hall–Kier alpha value is -0.0600. The molecule has 0 radical (unpaired) electrons. The summed E-state index contributed by atoms with van der Waals surface area (Å²) in [5, 5.41) is 4.88. The van der Waals surface area contributed by atoms with Gasteiger partial charge in [0.15, 0.2) is 0 Å². The highest BCUT2D eigenvalue weighted by atomic mass is 79.9. The highest BCUT2D eigenvalue weighted by Crippen LogP contribution is 2.33. The molecule has 1 unspecified atom stereocenters. The zero-order valence-electron chi connectivity index (χ0n) is 10.4. The first-order chi connectivity index (χ1) is 9.10. The van der Waals surface area contributed by atoms with E-state index in [4.69, 9.17) is 23.2 Å². The molecular formula is C14H14BrCl2NS. The van der Waals surface area contributed by atoms with E-state index in [1.165, 1.54) is 4.88 Å². The standard InChI is InChI=1S/C14H14BrCl2NS/c1-2-5-18-14(12-3-4-13(15)19-12)9-6-10(16)8-11(17)7-9/h3-4,6-8,14,18H,2,5H2,1H3. The van der Waals surface area contributed by atoms with Crippen molar-refractivity contribution in [1.82, 2.24) is 5.32 Å². The Balaban J connectivity index is 2.36. The molecule has 1 atom stereocenters. The lowest BCUT2D eigenvalue weighted by Gasteiger charge is -2.18. The fourth-order valence-electron chi connectivity index (χ4n) is 1.90. The summed E-state index contributed by atoms with van der Waals surface area (Å²) in [6.45, 7) is 3.10. The van der Waals surface area contributed by atoms with E-state index in [0.29, 0.717) is 10.0 Å². The SMILES string of the molecule is CCCNC(c1cc(Cl)cc(Cl)c1)c1ccc(Br)s1. The Morgan fingerprint density at radius 1 is 1.21 bits per heavy atom. The molecule has 0 saturated carbocycles. The normalized spacial score (nSPS) is 12.6. The summed E-state index contributed by atoms with van der Waals surface area (Å²) in [6.07, 6.45) is 1.08. The fourth-order valence-corrected chi connectivity index (χ4v) is 3.97. The number of benzene rings is 1. The van der Waals surface area contributed by atoms with Gasteiger partial charge in [-0.3, -0.25) is 0 Å². The summed E-state index contributed by atoms with van der Waals surface area (Å²) >= 11 is 17.4. The number of thiophene rings is 1. The molecule has 19 heavy (non-hydrogen) atoms. The maximum absolute atomic E-state index is 6.10. The molecule has 0 spiro atoms. The van der Waals surface area contributed by atoms with Crippen LogP contribution in [0, 0.1) is 0 Å². The first-order valence-corrected chi connectivity index (χ1v) is 8.41. The van der Waals surface area contributed by atoms with Crippen LogP contribution >= 0.6 is 50.5 Å². The van der Waals surface area contributed by atoms with E-state index in [2.05, 4.69) is 40.3 Å². The molecule has 1 N–H and O–H groups in total. The van der Waals surface area contributed by atoms with Crippen molar-refractivity contribution in [2.75, 3.05) is 6.54 Å². The van der Waals surface area contributed by atoms with Gasteiger partial charge in [-0.05, 0) is 64.8 Å². The maximum Gasteiger partial charge on any atom is 0.0702 e. The van der Waals surface area contributed by atoms with Gasteiger partial charge in [-0.1, -0.05) is 30.1 Å². The maximum atomic E-state index is 6.10. The highest BCUT2D eigenvalue weighted by Gasteiger charge is 2.16. The quantitative estimate of drug-likeness (QED) is 0.682. The van der Waals surface area contributed by atoms with E-state index in [0.717, 1.165) is 22.3 Å². The van der Waals surface area contributed by atoms with Crippen LogP contribution < -0.4 is 5.32 Å². The zero-order valence-corrected chi connectivity index (χ0v) is 14.3. The molecule has 0 fully saturated rings.